The summed E-state index contributed by atoms with van der Waals surface area (Å²) in [5.41, 5.74) is 3.18. The summed E-state index contributed by atoms with van der Waals surface area (Å²) >= 11 is 0. The molecule has 0 atom stereocenters. The maximum absolute atomic E-state index is 12.3. The van der Waals surface area contributed by atoms with E-state index < -0.39 is 0 Å². The number of amides is 1. The molecule has 1 amide bonds. The molecule has 0 aliphatic carbocycles. The van der Waals surface area contributed by atoms with Gasteiger partial charge in [-0.05, 0) is 51.0 Å². The molecule has 0 spiro atoms. The molecule has 140 valence electrons. The van der Waals surface area contributed by atoms with Crippen molar-refractivity contribution in [3.63, 3.8) is 0 Å². The molecule has 0 saturated carbocycles. The molecule has 2 rings (SSSR count). The summed E-state index contributed by atoms with van der Waals surface area (Å²) in [6.07, 6.45) is 3.02. The van der Waals surface area contributed by atoms with Crippen LogP contribution in [0, 0.1) is 13.8 Å². The number of carbonyl (C=O) groups excluding carboxylic acids is 1. The van der Waals surface area contributed by atoms with Crippen LogP contribution in [0.25, 0.3) is 0 Å². The van der Waals surface area contributed by atoms with Gasteiger partial charge in [-0.25, -0.2) is 9.97 Å². The van der Waals surface area contributed by atoms with Crippen molar-refractivity contribution in [2.45, 2.75) is 40.0 Å². The maximum atomic E-state index is 12.3. The molecule has 0 fully saturated rings. The lowest BCUT2D eigenvalue weighted by atomic mass is 10.2. The fourth-order valence-corrected chi connectivity index (χ4v) is 2.48. The molecule has 2 aromatic rings. The van der Waals surface area contributed by atoms with Crippen LogP contribution in [0.3, 0.4) is 0 Å². The second-order valence-corrected chi connectivity index (χ2v) is 6.26. The van der Waals surface area contributed by atoms with Crippen molar-refractivity contribution in [1.29, 1.82) is 0 Å². The summed E-state index contributed by atoms with van der Waals surface area (Å²) in [6, 6.07) is 9.24. The Kier molecular flexibility index (Phi) is 8.02. The summed E-state index contributed by atoms with van der Waals surface area (Å²) in [4.78, 5) is 21.0. The lowest BCUT2D eigenvalue weighted by Gasteiger charge is -2.09. The minimum atomic E-state index is -0.0939. The highest BCUT2D eigenvalue weighted by atomic mass is 16.5. The molecule has 2 N–H and O–H groups in total. The van der Waals surface area contributed by atoms with Crippen molar-refractivity contribution in [1.82, 2.24) is 15.3 Å². The zero-order valence-electron chi connectivity index (χ0n) is 15.8. The van der Waals surface area contributed by atoms with Crippen molar-refractivity contribution in [2.24, 2.45) is 0 Å². The molecule has 0 aliphatic rings. The molecule has 0 bridgehead atoms. The first kappa shape index (κ1) is 19.8. The quantitative estimate of drug-likeness (QED) is 0.634. The van der Waals surface area contributed by atoms with E-state index in [4.69, 9.17) is 4.74 Å². The molecule has 6 nitrogen and oxygen atoms in total. The van der Waals surface area contributed by atoms with Crippen molar-refractivity contribution in [2.75, 3.05) is 25.1 Å². The molecule has 0 aliphatic heterocycles. The summed E-state index contributed by atoms with van der Waals surface area (Å²) in [6.45, 7) is 8.05. The van der Waals surface area contributed by atoms with Crippen LogP contribution < -0.4 is 10.6 Å². The van der Waals surface area contributed by atoms with Crippen molar-refractivity contribution in [3.8, 4) is 0 Å². The Morgan fingerprint density at radius 3 is 2.54 bits per heavy atom. The van der Waals surface area contributed by atoms with Crippen LogP contribution in [0.15, 0.2) is 30.3 Å². The van der Waals surface area contributed by atoms with Crippen LogP contribution in [-0.2, 0) is 4.74 Å². The smallest absolute Gasteiger partial charge is 0.251 e. The number of aromatic nitrogens is 2. The van der Waals surface area contributed by atoms with E-state index in [2.05, 4.69) is 27.5 Å². The van der Waals surface area contributed by atoms with Gasteiger partial charge in [0.15, 0.2) is 0 Å². The summed E-state index contributed by atoms with van der Waals surface area (Å²) in [7, 11) is 0. The lowest BCUT2D eigenvalue weighted by Crippen LogP contribution is -2.25. The molecule has 1 aromatic carbocycles. The number of hydrogen-bond acceptors (Lipinski definition) is 5. The molecule has 6 heteroatoms. The molecule has 1 heterocycles. The van der Waals surface area contributed by atoms with Gasteiger partial charge in [0.25, 0.3) is 5.91 Å². The van der Waals surface area contributed by atoms with Crippen LogP contribution >= 0.6 is 0 Å². The first-order valence-corrected chi connectivity index (χ1v) is 9.14. The van der Waals surface area contributed by atoms with Gasteiger partial charge >= 0.3 is 0 Å². The van der Waals surface area contributed by atoms with Crippen LogP contribution in [0.1, 0.15) is 47.9 Å². The van der Waals surface area contributed by atoms with Crippen LogP contribution in [0.4, 0.5) is 11.6 Å². The fraction of sp³-hybridized carbons (Fsp3) is 0.450. The average Bonchev–Trinajstić information content (AvgIpc) is 2.60. The number of ether oxygens (including phenoxy) is 1. The number of nitrogens with zero attached hydrogens (tertiary/aromatic N) is 2. The van der Waals surface area contributed by atoms with Gasteiger partial charge in [0.2, 0.25) is 5.95 Å². The minimum Gasteiger partial charge on any atom is -0.381 e. The number of carbonyl (C=O) groups is 1. The van der Waals surface area contributed by atoms with Crippen LogP contribution in [0.2, 0.25) is 0 Å². The van der Waals surface area contributed by atoms with E-state index in [1.165, 1.54) is 0 Å². The predicted molar refractivity (Wildman–Crippen MR) is 104 cm³/mol. The van der Waals surface area contributed by atoms with E-state index in [1.807, 2.05) is 32.0 Å². The van der Waals surface area contributed by atoms with Gasteiger partial charge in [-0.15, -0.1) is 0 Å². The van der Waals surface area contributed by atoms with E-state index in [0.717, 1.165) is 42.9 Å². The van der Waals surface area contributed by atoms with Gasteiger partial charge in [-0.1, -0.05) is 19.4 Å². The second kappa shape index (κ2) is 10.5. The normalized spacial score (nSPS) is 10.6. The zero-order chi connectivity index (χ0) is 18.8. The number of rotatable bonds is 10. The Bertz CT molecular complexity index is 698. The average molecular weight is 356 g/mol. The predicted octanol–water partition coefficient (Wildman–Crippen LogP) is 3.77. The highest BCUT2D eigenvalue weighted by Gasteiger charge is 2.07. The van der Waals surface area contributed by atoms with Crippen LogP contribution in [0.5, 0.6) is 0 Å². The number of unbranched alkanes of at least 4 members (excludes halogenated alkanes) is 1. The van der Waals surface area contributed by atoms with Crippen molar-refractivity contribution >= 4 is 17.5 Å². The molecule has 0 radical (unpaired) electrons. The summed E-state index contributed by atoms with van der Waals surface area (Å²) < 4.78 is 5.49. The second-order valence-electron chi connectivity index (χ2n) is 6.26. The van der Waals surface area contributed by atoms with E-state index in [9.17, 15) is 4.79 Å². The Balaban J connectivity index is 1.84. The molecule has 26 heavy (non-hydrogen) atoms. The Morgan fingerprint density at radius 1 is 1.08 bits per heavy atom. The molecular weight excluding hydrogens is 328 g/mol. The third kappa shape index (κ3) is 6.80. The first-order chi connectivity index (χ1) is 12.6. The van der Waals surface area contributed by atoms with Gasteiger partial charge in [-0.2, -0.15) is 0 Å². The fourth-order valence-electron chi connectivity index (χ4n) is 2.48. The number of nitrogens with one attached hydrogen (secondary N) is 2. The minimum absolute atomic E-state index is 0.0939. The number of aryl methyl sites for hydroxylation is 2. The van der Waals surface area contributed by atoms with Crippen LogP contribution in [-0.4, -0.2) is 35.6 Å². The number of benzene rings is 1. The zero-order valence-corrected chi connectivity index (χ0v) is 15.8. The number of hydrogen-bond donors (Lipinski definition) is 2. The SMILES string of the molecule is CCCCOCCCNC(=O)c1cccc(Nc2nc(C)cc(C)n2)c1. The van der Waals surface area contributed by atoms with Gasteiger partial charge in [0.05, 0.1) is 0 Å². The topological polar surface area (TPSA) is 76.1 Å². The number of anilines is 2. The Labute approximate surface area is 155 Å². The lowest BCUT2D eigenvalue weighted by molar-refractivity contribution is 0.0940. The highest BCUT2D eigenvalue weighted by Crippen LogP contribution is 2.15. The Morgan fingerprint density at radius 2 is 1.81 bits per heavy atom. The van der Waals surface area contributed by atoms with Crippen molar-refractivity contribution in [3.05, 3.63) is 47.3 Å². The van der Waals surface area contributed by atoms with Gasteiger partial charge in [-0.3, -0.25) is 4.79 Å². The Hall–Kier alpha value is -2.47. The molecular formula is C20H28N4O2. The summed E-state index contributed by atoms with van der Waals surface area (Å²) in [5, 5.41) is 6.08. The monoisotopic (exact) mass is 356 g/mol. The van der Waals surface area contributed by atoms with E-state index in [1.54, 1.807) is 12.1 Å². The largest absolute Gasteiger partial charge is 0.381 e. The first-order valence-electron chi connectivity index (χ1n) is 9.14. The highest BCUT2D eigenvalue weighted by molar-refractivity contribution is 5.95. The summed E-state index contributed by atoms with van der Waals surface area (Å²) in [5.74, 6) is 0.438. The maximum Gasteiger partial charge on any atom is 0.251 e. The third-order valence-electron chi connectivity index (χ3n) is 3.76. The van der Waals surface area contributed by atoms with E-state index in [-0.39, 0.29) is 5.91 Å². The van der Waals surface area contributed by atoms with E-state index >= 15 is 0 Å². The van der Waals surface area contributed by atoms with E-state index in [0.29, 0.717) is 24.7 Å². The molecule has 0 unspecified atom stereocenters. The van der Waals surface area contributed by atoms with Gasteiger partial charge in [0.1, 0.15) is 0 Å². The standard InChI is InChI=1S/C20H28N4O2/c1-4-5-11-26-12-7-10-21-19(25)17-8-6-9-18(14-17)24-20-22-15(2)13-16(3)23-20/h6,8-9,13-14H,4-5,7,10-12H2,1-3H3,(H,21,25)(H,22,23,24). The third-order valence-corrected chi connectivity index (χ3v) is 3.76. The van der Waals surface area contributed by atoms with Crippen molar-refractivity contribution < 1.29 is 9.53 Å². The van der Waals surface area contributed by atoms with Gasteiger partial charge in [0, 0.05) is 42.4 Å². The molecule has 0 saturated heterocycles. The molecule has 1 aromatic heterocycles. The van der Waals surface area contributed by atoms with Gasteiger partial charge < -0.3 is 15.4 Å².